The Hall–Kier alpha value is -0.980. The molecule has 110 valence electrons. The molecule has 1 aromatic rings. The summed E-state index contributed by atoms with van der Waals surface area (Å²) < 4.78 is 40.7. The summed E-state index contributed by atoms with van der Waals surface area (Å²) in [4.78, 5) is -0.204. The smallest absolute Gasteiger partial charge is 0.246 e. The number of hydrogen-bond acceptors (Lipinski definition) is 3. The molecule has 2 heterocycles. The van der Waals surface area contributed by atoms with Crippen molar-refractivity contribution in [3.8, 4) is 0 Å². The number of hydrogen-bond donors (Lipinski definition) is 1. The zero-order valence-corrected chi connectivity index (χ0v) is 12.1. The summed E-state index contributed by atoms with van der Waals surface area (Å²) in [5, 5.41) is 3.37. The average molecular weight is 298 g/mol. The molecule has 0 radical (unpaired) electrons. The first-order valence-electron chi connectivity index (χ1n) is 7.10. The molecular weight excluding hydrogens is 279 g/mol. The molecule has 4 nitrogen and oxygen atoms in total. The van der Waals surface area contributed by atoms with E-state index in [9.17, 15) is 12.8 Å². The molecule has 1 aromatic carbocycles. The van der Waals surface area contributed by atoms with Crippen molar-refractivity contribution in [2.75, 3.05) is 13.1 Å². The van der Waals surface area contributed by atoms with Crippen molar-refractivity contribution in [1.82, 2.24) is 9.62 Å². The predicted octanol–water partition coefficient (Wildman–Crippen LogP) is 1.73. The van der Waals surface area contributed by atoms with Gasteiger partial charge in [-0.1, -0.05) is 12.1 Å². The lowest BCUT2D eigenvalue weighted by molar-refractivity contribution is 0.321. The van der Waals surface area contributed by atoms with E-state index in [0.29, 0.717) is 6.54 Å². The van der Waals surface area contributed by atoms with E-state index in [0.717, 1.165) is 32.2 Å². The molecule has 2 unspecified atom stereocenters. The van der Waals surface area contributed by atoms with Crippen LogP contribution < -0.4 is 5.32 Å². The van der Waals surface area contributed by atoms with Gasteiger partial charge in [-0.3, -0.25) is 0 Å². The first-order chi connectivity index (χ1) is 9.60. The quantitative estimate of drug-likeness (QED) is 0.924. The summed E-state index contributed by atoms with van der Waals surface area (Å²) in [7, 11) is -3.74. The minimum Gasteiger partial charge on any atom is -0.312 e. The average Bonchev–Trinajstić information content (AvgIpc) is 3.10. The molecule has 20 heavy (non-hydrogen) atoms. The molecule has 2 atom stereocenters. The Labute approximate surface area is 119 Å². The molecule has 1 N–H and O–H groups in total. The Morgan fingerprint density at radius 1 is 1.20 bits per heavy atom. The fourth-order valence-corrected chi connectivity index (χ4v) is 5.08. The highest BCUT2D eigenvalue weighted by Crippen LogP contribution is 2.31. The van der Waals surface area contributed by atoms with Gasteiger partial charge in [0.05, 0.1) is 0 Å². The van der Waals surface area contributed by atoms with Gasteiger partial charge in [-0.25, -0.2) is 12.8 Å². The maximum Gasteiger partial charge on any atom is 0.246 e. The monoisotopic (exact) mass is 298 g/mol. The van der Waals surface area contributed by atoms with Gasteiger partial charge in [-0.2, -0.15) is 4.31 Å². The number of sulfonamides is 1. The zero-order chi connectivity index (χ0) is 14.2. The standard InChI is InChI=1S/C14H19FN2O2S/c15-11-5-1-2-8-14(11)20(18,19)17-10-4-7-13(17)12-6-3-9-16-12/h1-2,5,8,12-13,16H,3-4,6-7,9-10H2. The van der Waals surface area contributed by atoms with Gasteiger partial charge in [0.25, 0.3) is 0 Å². The van der Waals surface area contributed by atoms with Crippen molar-refractivity contribution in [3.05, 3.63) is 30.1 Å². The number of nitrogens with zero attached hydrogens (tertiary/aromatic N) is 1. The van der Waals surface area contributed by atoms with Crippen LogP contribution in [0.3, 0.4) is 0 Å². The number of rotatable bonds is 3. The first-order valence-corrected chi connectivity index (χ1v) is 8.54. The van der Waals surface area contributed by atoms with Crippen LogP contribution in [0.1, 0.15) is 25.7 Å². The minimum atomic E-state index is -3.74. The SMILES string of the molecule is O=S(=O)(c1ccccc1F)N1CCCC1C1CCCN1. The van der Waals surface area contributed by atoms with Gasteiger partial charge in [0.1, 0.15) is 10.7 Å². The summed E-state index contributed by atoms with van der Waals surface area (Å²) >= 11 is 0. The summed E-state index contributed by atoms with van der Waals surface area (Å²) in [6, 6.07) is 5.79. The van der Waals surface area contributed by atoms with Gasteiger partial charge in [0.2, 0.25) is 10.0 Å². The van der Waals surface area contributed by atoms with Crippen LogP contribution >= 0.6 is 0 Å². The molecule has 0 saturated carbocycles. The second-order valence-electron chi connectivity index (χ2n) is 5.46. The molecule has 2 saturated heterocycles. The molecule has 6 heteroatoms. The number of halogens is 1. The lowest BCUT2D eigenvalue weighted by Crippen LogP contribution is -2.46. The Balaban J connectivity index is 1.92. The molecular formula is C14H19FN2O2S. The predicted molar refractivity (Wildman–Crippen MR) is 74.3 cm³/mol. The van der Waals surface area contributed by atoms with E-state index in [1.165, 1.54) is 22.5 Å². The van der Waals surface area contributed by atoms with Gasteiger partial charge in [0, 0.05) is 18.6 Å². The lowest BCUT2D eigenvalue weighted by Gasteiger charge is -2.28. The van der Waals surface area contributed by atoms with Crippen LogP contribution in [0.4, 0.5) is 4.39 Å². The third-order valence-electron chi connectivity index (χ3n) is 4.23. The maximum absolute atomic E-state index is 13.8. The molecule has 0 amide bonds. The number of benzene rings is 1. The Kier molecular flexibility index (Phi) is 3.79. The van der Waals surface area contributed by atoms with Crippen LogP contribution in [0.2, 0.25) is 0 Å². The highest BCUT2D eigenvalue weighted by atomic mass is 32.2. The van der Waals surface area contributed by atoms with E-state index in [4.69, 9.17) is 0 Å². The topological polar surface area (TPSA) is 49.4 Å². The fraction of sp³-hybridized carbons (Fsp3) is 0.571. The molecule has 0 spiro atoms. The highest BCUT2D eigenvalue weighted by Gasteiger charge is 2.41. The van der Waals surface area contributed by atoms with Crippen LogP contribution in [0.5, 0.6) is 0 Å². The van der Waals surface area contributed by atoms with Gasteiger partial charge in [-0.05, 0) is 44.4 Å². The van der Waals surface area contributed by atoms with E-state index in [1.54, 1.807) is 6.07 Å². The van der Waals surface area contributed by atoms with Crippen molar-refractivity contribution in [1.29, 1.82) is 0 Å². The summed E-state index contributed by atoms with van der Waals surface area (Å²) in [5.41, 5.74) is 0. The Bertz CT molecular complexity index is 585. The maximum atomic E-state index is 13.8. The normalized spacial score (nSPS) is 28.1. The van der Waals surface area contributed by atoms with Crippen molar-refractivity contribution >= 4 is 10.0 Å². The molecule has 2 aliphatic rings. The van der Waals surface area contributed by atoms with Gasteiger partial charge >= 0.3 is 0 Å². The van der Waals surface area contributed by atoms with Crippen molar-refractivity contribution in [3.63, 3.8) is 0 Å². The molecule has 3 rings (SSSR count). The van der Waals surface area contributed by atoms with Gasteiger partial charge in [-0.15, -0.1) is 0 Å². The van der Waals surface area contributed by atoms with Crippen LogP contribution in [0.25, 0.3) is 0 Å². The van der Waals surface area contributed by atoms with Crippen molar-refractivity contribution in [2.45, 2.75) is 42.7 Å². The van der Waals surface area contributed by atoms with E-state index < -0.39 is 15.8 Å². The fourth-order valence-electron chi connectivity index (χ4n) is 3.29. The molecule has 2 fully saturated rings. The van der Waals surface area contributed by atoms with Crippen LogP contribution in [0, 0.1) is 5.82 Å². The van der Waals surface area contributed by atoms with E-state index in [1.807, 2.05) is 0 Å². The zero-order valence-electron chi connectivity index (χ0n) is 11.3. The van der Waals surface area contributed by atoms with Gasteiger partial charge in [0.15, 0.2) is 0 Å². The molecule has 0 aromatic heterocycles. The van der Waals surface area contributed by atoms with Crippen LogP contribution in [-0.2, 0) is 10.0 Å². The molecule has 0 bridgehead atoms. The first kappa shape index (κ1) is 14.0. The van der Waals surface area contributed by atoms with Crippen LogP contribution in [-0.4, -0.2) is 37.9 Å². The number of nitrogens with one attached hydrogen (secondary N) is 1. The second-order valence-corrected chi connectivity index (χ2v) is 7.32. The third kappa shape index (κ3) is 2.36. The minimum absolute atomic E-state index is 0.0397. The largest absolute Gasteiger partial charge is 0.312 e. The van der Waals surface area contributed by atoms with Gasteiger partial charge < -0.3 is 5.32 Å². The Morgan fingerprint density at radius 2 is 2.00 bits per heavy atom. The summed E-state index contributed by atoms with van der Waals surface area (Å²) in [6.45, 7) is 1.42. The van der Waals surface area contributed by atoms with Crippen molar-refractivity contribution in [2.24, 2.45) is 0 Å². The Morgan fingerprint density at radius 3 is 2.70 bits per heavy atom. The second kappa shape index (κ2) is 5.42. The van der Waals surface area contributed by atoms with Crippen LogP contribution in [0.15, 0.2) is 29.2 Å². The third-order valence-corrected chi connectivity index (χ3v) is 6.19. The van der Waals surface area contributed by atoms with Crippen molar-refractivity contribution < 1.29 is 12.8 Å². The van der Waals surface area contributed by atoms with E-state index in [-0.39, 0.29) is 17.0 Å². The molecule has 2 aliphatic heterocycles. The summed E-state index contributed by atoms with van der Waals surface area (Å²) in [5.74, 6) is -0.669. The lowest BCUT2D eigenvalue weighted by atomic mass is 10.1. The molecule has 0 aliphatic carbocycles. The summed E-state index contributed by atoms with van der Waals surface area (Å²) in [6.07, 6.45) is 3.77. The van der Waals surface area contributed by atoms with E-state index >= 15 is 0 Å². The van der Waals surface area contributed by atoms with E-state index in [2.05, 4.69) is 5.32 Å². The highest BCUT2D eigenvalue weighted by molar-refractivity contribution is 7.89.